The molecule has 0 spiro atoms. The molecule has 4 aromatic rings. The van der Waals surface area contributed by atoms with Gasteiger partial charge in [-0.15, -0.1) is 0 Å². The highest BCUT2D eigenvalue weighted by atomic mass is 16.1. The molecule has 3 heterocycles. The van der Waals surface area contributed by atoms with Crippen LogP contribution in [0.3, 0.4) is 0 Å². The molecule has 5 nitrogen and oxygen atoms in total. The first-order valence-corrected chi connectivity index (χ1v) is 6.68. The van der Waals surface area contributed by atoms with Crippen molar-refractivity contribution in [2.45, 2.75) is 6.54 Å². The van der Waals surface area contributed by atoms with E-state index >= 15 is 0 Å². The van der Waals surface area contributed by atoms with Gasteiger partial charge in [-0.1, -0.05) is 18.2 Å². The Morgan fingerprint density at radius 2 is 1.90 bits per heavy atom. The zero-order valence-electron chi connectivity index (χ0n) is 11.2. The number of pyridine rings is 1. The molecule has 0 aliphatic heterocycles. The lowest BCUT2D eigenvalue weighted by Crippen LogP contribution is -2.16. The Morgan fingerprint density at radius 1 is 1.05 bits per heavy atom. The van der Waals surface area contributed by atoms with Crippen LogP contribution in [0.4, 0.5) is 0 Å². The minimum Gasteiger partial charge on any atom is -0.324 e. The molecule has 3 aromatic heterocycles. The molecule has 0 bridgehead atoms. The van der Waals surface area contributed by atoms with Crippen LogP contribution in [0.1, 0.15) is 5.69 Å². The third kappa shape index (κ3) is 1.99. The molecule has 5 heteroatoms. The van der Waals surface area contributed by atoms with E-state index in [4.69, 9.17) is 0 Å². The normalized spacial score (nSPS) is 11.2. The smallest absolute Gasteiger partial charge is 0.258 e. The quantitative estimate of drug-likeness (QED) is 0.563. The minimum absolute atomic E-state index is 0.0694. The van der Waals surface area contributed by atoms with Crippen molar-refractivity contribution in [2.75, 3.05) is 0 Å². The van der Waals surface area contributed by atoms with E-state index in [0.29, 0.717) is 12.2 Å². The zero-order chi connectivity index (χ0) is 14.2. The molecule has 1 aromatic carbocycles. The van der Waals surface area contributed by atoms with E-state index in [-0.39, 0.29) is 5.56 Å². The third-order valence-electron chi connectivity index (χ3n) is 3.48. The van der Waals surface area contributed by atoms with Crippen LogP contribution in [0.15, 0.2) is 65.8 Å². The van der Waals surface area contributed by atoms with Crippen molar-refractivity contribution in [2.24, 2.45) is 0 Å². The number of para-hydroxylation sites is 2. The Hall–Kier alpha value is -2.95. The average molecular weight is 276 g/mol. The van der Waals surface area contributed by atoms with E-state index in [1.54, 1.807) is 18.6 Å². The lowest BCUT2D eigenvalue weighted by molar-refractivity contribution is 0.791. The number of aromatic nitrogens is 4. The summed E-state index contributed by atoms with van der Waals surface area (Å²) in [7, 11) is 0. The Morgan fingerprint density at radius 3 is 2.86 bits per heavy atom. The summed E-state index contributed by atoms with van der Waals surface area (Å²) in [4.78, 5) is 21.0. The van der Waals surface area contributed by atoms with Crippen LogP contribution in [-0.4, -0.2) is 18.9 Å². The van der Waals surface area contributed by atoms with Crippen LogP contribution >= 0.6 is 0 Å². The number of hydrogen-bond acceptors (Lipinski definition) is 3. The van der Waals surface area contributed by atoms with Gasteiger partial charge in [0, 0.05) is 12.3 Å². The molecule has 0 amide bonds. The summed E-state index contributed by atoms with van der Waals surface area (Å²) in [6.07, 6.45) is 3.50. The fraction of sp³-hybridized carbons (Fsp3) is 0.0625. The van der Waals surface area contributed by atoms with E-state index < -0.39 is 0 Å². The van der Waals surface area contributed by atoms with Crippen molar-refractivity contribution in [1.29, 1.82) is 0 Å². The number of rotatable bonds is 2. The van der Waals surface area contributed by atoms with Crippen LogP contribution in [0.25, 0.3) is 16.7 Å². The fourth-order valence-corrected chi connectivity index (χ4v) is 2.49. The molecule has 0 atom stereocenters. The fourth-order valence-electron chi connectivity index (χ4n) is 2.49. The van der Waals surface area contributed by atoms with E-state index in [2.05, 4.69) is 9.97 Å². The second kappa shape index (κ2) is 4.56. The SMILES string of the molecule is O=c1cc(Cn2cnc3ccccc32)nc2ccccn12. The van der Waals surface area contributed by atoms with Crippen molar-refractivity contribution < 1.29 is 0 Å². The monoisotopic (exact) mass is 276 g/mol. The summed E-state index contributed by atoms with van der Waals surface area (Å²) in [6, 6.07) is 15.0. The Kier molecular flexibility index (Phi) is 2.57. The molecule has 4 rings (SSSR count). The summed E-state index contributed by atoms with van der Waals surface area (Å²) >= 11 is 0. The van der Waals surface area contributed by atoms with Crippen LogP contribution in [0.2, 0.25) is 0 Å². The van der Waals surface area contributed by atoms with Gasteiger partial charge >= 0.3 is 0 Å². The summed E-state index contributed by atoms with van der Waals surface area (Å²) < 4.78 is 3.53. The highest BCUT2D eigenvalue weighted by molar-refractivity contribution is 5.75. The molecular formula is C16H12N4O. The van der Waals surface area contributed by atoms with Crippen molar-refractivity contribution in [3.8, 4) is 0 Å². The van der Waals surface area contributed by atoms with Crippen LogP contribution in [0.5, 0.6) is 0 Å². The average Bonchev–Trinajstić information content (AvgIpc) is 2.91. The summed E-state index contributed by atoms with van der Waals surface area (Å²) in [6.45, 7) is 0.529. The van der Waals surface area contributed by atoms with Crippen molar-refractivity contribution >= 4 is 16.7 Å². The predicted molar refractivity (Wildman–Crippen MR) is 80.3 cm³/mol. The summed E-state index contributed by atoms with van der Waals surface area (Å²) in [5.41, 5.74) is 3.29. The lowest BCUT2D eigenvalue weighted by atomic mass is 10.3. The Balaban J connectivity index is 1.82. The second-order valence-corrected chi connectivity index (χ2v) is 4.88. The molecule has 0 aliphatic rings. The van der Waals surface area contributed by atoms with Gasteiger partial charge in [0.1, 0.15) is 5.65 Å². The summed E-state index contributed by atoms with van der Waals surface area (Å²) in [5.74, 6) is 0. The Labute approximate surface area is 120 Å². The van der Waals surface area contributed by atoms with Gasteiger partial charge in [0.25, 0.3) is 5.56 Å². The molecule has 102 valence electrons. The minimum atomic E-state index is -0.0694. The molecule has 0 radical (unpaired) electrons. The topological polar surface area (TPSA) is 52.2 Å². The number of fused-ring (bicyclic) bond motifs is 2. The number of imidazole rings is 1. The molecule has 0 saturated carbocycles. The largest absolute Gasteiger partial charge is 0.324 e. The maximum absolute atomic E-state index is 12.1. The van der Waals surface area contributed by atoms with Crippen molar-refractivity contribution in [3.63, 3.8) is 0 Å². The van der Waals surface area contributed by atoms with Crippen LogP contribution in [0, 0.1) is 0 Å². The van der Waals surface area contributed by atoms with Crippen LogP contribution in [-0.2, 0) is 6.54 Å². The highest BCUT2D eigenvalue weighted by Crippen LogP contribution is 2.13. The summed E-state index contributed by atoms with van der Waals surface area (Å²) in [5, 5.41) is 0. The lowest BCUT2D eigenvalue weighted by Gasteiger charge is -2.05. The second-order valence-electron chi connectivity index (χ2n) is 4.88. The maximum Gasteiger partial charge on any atom is 0.258 e. The van der Waals surface area contributed by atoms with Crippen LogP contribution < -0.4 is 5.56 Å². The van der Waals surface area contributed by atoms with E-state index in [1.807, 2.05) is 47.0 Å². The predicted octanol–water partition coefficient (Wildman–Crippen LogP) is 2.09. The van der Waals surface area contributed by atoms with Gasteiger partial charge in [-0.3, -0.25) is 9.20 Å². The highest BCUT2D eigenvalue weighted by Gasteiger charge is 2.05. The molecule has 0 N–H and O–H groups in total. The number of benzene rings is 1. The molecule has 0 saturated heterocycles. The standard InChI is InChI=1S/C16H12N4O/c21-16-9-12(18-15-7-3-4-8-20(15)16)10-19-11-17-13-5-1-2-6-14(13)19/h1-9,11H,10H2. The first-order chi connectivity index (χ1) is 10.3. The van der Waals surface area contributed by atoms with Crippen molar-refractivity contribution in [3.05, 3.63) is 77.1 Å². The molecule has 0 fully saturated rings. The van der Waals surface area contributed by atoms with E-state index in [0.717, 1.165) is 16.7 Å². The van der Waals surface area contributed by atoms with Gasteiger partial charge < -0.3 is 4.57 Å². The van der Waals surface area contributed by atoms with Gasteiger partial charge in [0.15, 0.2) is 0 Å². The zero-order valence-corrected chi connectivity index (χ0v) is 11.2. The van der Waals surface area contributed by atoms with E-state index in [9.17, 15) is 4.79 Å². The van der Waals surface area contributed by atoms with Crippen molar-refractivity contribution in [1.82, 2.24) is 18.9 Å². The Bertz CT molecular complexity index is 1000. The van der Waals surface area contributed by atoms with Gasteiger partial charge in [0.05, 0.1) is 29.6 Å². The van der Waals surface area contributed by atoms with E-state index in [1.165, 1.54) is 4.40 Å². The van der Waals surface area contributed by atoms with Gasteiger partial charge in [-0.25, -0.2) is 9.97 Å². The van der Waals surface area contributed by atoms with Gasteiger partial charge in [-0.2, -0.15) is 0 Å². The molecule has 0 aliphatic carbocycles. The molecular weight excluding hydrogens is 264 g/mol. The first kappa shape index (κ1) is 11.8. The first-order valence-electron chi connectivity index (χ1n) is 6.68. The third-order valence-corrected chi connectivity index (χ3v) is 3.48. The maximum atomic E-state index is 12.1. The van der Waals surface area contributed by atoms with Gasteiger partial charge in [0.2, 0.25) is 0 Å². The number of hydrogen-bond donors (Lipinski definition) is 0. The number of nitrogens with zero attached hydrogens (tertiary/aromatic N) is 4. The van der Waals surface area contributed by atoms with Gasteiger partial charge in [-0.05, 0) is 24.3 Å². The molecule has 21 heavy (non-hydrogen) atoms. The molecule has 0 unspecified atom stereocenters.